The number of hydrogen-bond acceptors (Lipinski definition) is 5. The fourth-order valence-corrected chi connectivity index (χ4v) is 4.67. The maximum absolute atomic E-state index is 11.9. The summed E-state index contributed by atoms with van der Waals surface area (Å²) >= 11 is 1.47. The van der Waals surface area contributed by atoms with Gasteiger partial charge in [-0.25, -0.2) is 13.4 Å². The molecule has 134 valence electrons. The van der Waals surface area contributed by atoms with E-state index in [2.05, 4.69) is 4.98 Å². The molecule has 1 aromatic heterocycles. The minimum atomic E-state index is -3.26. The van der Waals surface area contributed by atoms with E-state index in [0.717, 1.165) is 40.4 Å². The molecule has 0 spiro atoms. The van der Waals surface area contributed by atoms with E-state index in [9.17, 15) is 13.2 Å². The molecule has 0 saturated carbocycles. The van der Waals surface area contributed by atoms with E-state index in [1.165, 1.54) is 21.9 Å². The molecule has 0 radical (unpaired) electrons. The maximum Gasteiger partial charge on any atom is 0.232 e. The molecule has 25 heavy (non-hydrogen) atoms. The molecule has 2 aromatic rings. The molecule has 0 atom stereocenters. The summed E-state index contributed by atoms with van der Waals surface area (Å²) in [4.78, 5) is 17.9. The van der Waals surface area contributed by atoms with E-state index in [4.69, 9.17) is 0 Å². The Labute approximate surface area is 152 Å². The molecular weight excluding hydrogens is 358 g/mol. The normalized spacial score (nSPS) is 14.3. The Kier molecular flexibility index (Phi) is 4.83. The van der Waals surface area contributed by atoms with Crippen molar-refractivity contribution in [3.63, 3.8) is 0 Å². The van der Waals surface area contributed by atoms with E-state index in [-0.39, 0.29) is 5.91 Å². The van der Waals surface area contributed by atoms with Crippen LogP contribution in [0.4, 0.5) is 5.69 Å². The van der Waals surface area contributed by atoms with Gasteiger partial charge in [-0.1, -0.05) is 6.07 Å². The van der Waals surface area contributed by atoms with Gasteiger partial charge in [-0.3, -0.25) is 9.10 Å². The van der Waals surface area contributed by atoms with Crippen LogP contribution in [0.15, 0.2) is 23.6 Å². The average Bonchev–Trinajstić information content (AvgIpc) is 3.01. The molecule has 0 fully saturated rings. The van der Waals surface area contributed by atoms with Crippen molar-refractivity contribution in [1.82, 2.24) is 9.88 Å². The Morgan fingerprint density at radius 1 is 1.36 bits per heavy atom. The van der Waals surface area contributed by atoms with Crippen molar-refractivity contribution in [1.29, 1.82) is 0 Å². The SMILES string of the molecule is CN(C)C(=O)Cc1nc(-c2ccc3c(c2)CCCN3S(C)(=O)=O)cs1. The lowest BCUT2D eigenvalue weighted by atomic mass is 10.00. The number of amides is 1. The van der Waals surface area contributed by atoms with Gasteiger partial charge >= 0.3 is 0 Å². The number of rotatable bonds is 4. The van der Waals surface area contributed by atoms with Crippen LogP contribution < -0.4 is 4.31 Å². The summed E-state index contributed by atoms with van der Waals surface area (Å²) in [5.74, 6) is 0.0233. The van der Waals surface area contributed by atoms with Gasteiger partial charge in [-0.15, -0.1) is 11.3 Å². The molecule has 0 unspecified atom stereocenters. The van der Waals surface area contributed by atoms with Gasteiger partial charge in [0.1, 0.15) is 5.01 Å². The second kappa shape index (κ2) is 6.76. The molecule has 0 aliphatic carbocycles. The Morgan fingerprint density at radius 3 is 2.80 bits per heavy atom. The summed E-state index contributed by atoms with van der Waals surface area (Å²) in [5, 5.41) is 2.72. The lowest BCUT2D eigenvalue weighted by Gasteiger charge is -2.29. The molecule has 8 heteroatoms. The molecule has 0 N–H and O–H groups in total. The van der Waals surface area contributed by atoms with Crippen molar-refractivity contribution in [3.05, 3.63) is 34.2 Å². The van der Waals surface area contributed by atoms with Gasteiger partial charge in [0.2, 0.25) is 15.9 Å². The zero-order valence-corrected chi connectivity index (χ0v) is 16.2. The van der Waals surface area contributed by atoms with Crippen LogP contribution in [-0.2, 0) is 27.7 Å². The first-order valence-corrected chi connectivity index (χ1v) is 10.7. The van der Waals surface area contributed by atoms with Crippen LogP contribution in [0.3, 0.4) is 0 Å². The first-order valence-electron chi connectivity index (χ1n) is 8.01. The van der Waals surface area contributed by atoms with Crippen LogP contribution in [0.2, 0.25) is 0 Å². The van der Waals surface area contributed by atoms with Crippen molar-refractivity contribution in [2.75, 3.05) is 31.2 Å². The van der Waals surface area contributed by atoms with E-state index in [0.29, 0.717) is 13.0 Å². The smallest absolute Gasteiger partial charge is 0.232 e. The predicted molar refractivity (Wildman–Crippen MR) is 100 cm³/mol. The third kappa shape index (κ3) is 3.85. The van der Waals surface area contributed by atoms with Gasteiger partial charge < -0.3 is 4.90 Å². The maximum atomic E-state index is 11.9. The summed E-state index contributed by atoms with van der Waals surface area (Å²) in [6.07, 6.45) is 3.20. The monoisotopic (exact) mass is 379 g/mol. The van der Waals surface area contributed by atoms with Crippen LogP contribution in [0.1, 0.15) is 17.0 Å². The lowest BCUT2D eigenvalue weighted by molar-refractivity contribution is -0.127. The standard InChI is InChI=1S/C17H21N3O3S2/c1-19(2)17(21)10-16-18-14(11-24-16)12-6-7-15-13(9-12)5-4-8-20(15)25(3,22)23/h6-7,9,11H,4-5,8,10H2,1-3H3. The van der Waals surface area contributed by atoms with Crippen LogP contribution >= 0.6 is 11.3 Å². The zero-order chi connectivity index (χ0) is 18.2. The second-order valence-electron chi connectivity index (χ2n) is 6.37. The molecule has 0 saturated heterocycles. The van der Waals surface area contributed by atoms with Crippen molar-refractivity contribution >= 4 is 33.0 Å². The first-order chi connectivity index (χ1) is 11.8. The summed E-state index contributed by atoms with van der Waals surface area (Å²) in [7, 11) is 0.203. The van der Waals surface area contributed by atoms with Gasteiger partial charge in [0.05, 0.1) is 24.1 Å². The van der Waals surface area contributed by atoms with Gasteiger partial charge in [0.15, 0.2) is 0 Å². The Balaban J connectivity index is 1.88. The van der Waals surface area contributed by atoms with Crippen molar-refractivity contribution in [2.24, 2.45) is 0 Å². The number of thiazole rings is 1. The van der Waals surface area contributed by atoms with E-state index in [1.54, 1.807) is 19.0 Å². The molecular formula is C17H21N3O3S2. The van der Waals surface area contributed by atoms with Crippen LogP contribution in [-0.4, -0.2) is 51.1 Å². The number of aromatic nitrogens is 1. The number of benzene rings is 1. The Bertz CT molecular complexity index is 904. The quantitative estimate of drug-likeness (QED) is 0.816. The third-order valence-electron chi connectivity index (χ3n) is 4.20. The van der Waals surface area contributed by atoms with Crippen molar-refractivity contribution < 1.29 is 13.2 Å². The third-order valence-corrected chi connectivity index (χ3v) is 6.23. The number of nitrogens with zero attached hydrogens (tertiary/aromatic N) is 3. The highest BCUT2D eigenvalue weighted by atomic mass is 32.2. The van der Waals surface area contributed by atoms with Gasteiger partial charge in [0.25, 0.3) is 0 Å². The number of anilines is 1. The molecule has 1 amide bonds. The zero-order valence-electron chi connectivity index (χ0n) is 14.5. The van der Waals surface area contributed by atoms with Crippen molar-refractivity contribution in [2.45, 2.75) is 19.3 Å². The number of likely N-dealkylation sites (N-methyl/N-ethyl adjacent to an activating group) is 1. The van der Waals surface area contributed by atoms with E-state index < -0.39 is 10.0 Å². The fraction of sp³-hybridized carbons (Fsp3) is 0.412. The number of carbonyl (C=O) groups excluding carboxylic acids is 1. The Hall–Kier alpha value is -1.93. The topological polar surface area (TPSA) is 70.6 Å². The summed E-state index contributed by atoms with van der Waals surface area (Å²) in [6, 6.07) is 5.77. The lowest BCUT2D eigenvalue weighted by Crippen LogP contribution is -2.34. The summed E-state index contributed by atoms with van der Waals surface area (Å²) < 4.78 is 25.4. The van der Waals surface area contributed by atoms with E-state index in [1.807, 2.05) is 23.6 Å². The van der Waals surface area contributed by atoms with E-state index >= 15 is 0 Å². The minimum absolute atomic E-state index is 0.0233. The summed E-state index contributed by atoms with van der Waals surface area (Å²) in [6.45, 7) is 0.526. The first kappa shape index (κ1) is 17.9. The molecule has 1 aromatic carbocycles. The average molecular weight is 380 g/mol. The highest BCUT2D eigenvalue weighted by Gasteiger charge is 2.24. The molecule has 0 bridgehead atoms. The largest absolute Gasteiger partial charge is 0.348 e. The predicted octanol–water partition coefficient (Wildman–Crippen LogP) is 2.15. The van der Waals surface area contributed by atoms with Gasteiger partial charge in [0, 0.05) is 31.6 Å². The number of sulfonamides is 1. The highest BCUT2D eigenvalue weighted by Crippen LogP contribution is 2.33. The molecule has 1 aliphatic heterocycles. The number of hydrogen-bond donors (Lipinski definition) is 0. The summed E-state index contributed by atoms with van der Waals surface area (Å²) in [5.41, 5.74) is 3.56. The Morgan fingerprint density at radius 2 is 2.12 bits per heavy atom. The molecule has 6 nitrogen and oxygen atoms in total. The van der Waals surface area contributed by atoms with Crippen LogP contribution in [0, 0.1) is 0 Å². The van der Waals surface area contributed by atoms with Crippen molar-refractivity contribution in [3.8, 4) is 11.3 Å². The highest BCUT2D eigenvalue weighted by molar-refractivity contribution is 7.92. The number of aryl methyl sites for hydroxylation is 1. The van der Waals surface area contributed by atoms with Crippen LogP contribution in [0.25, 0.3) is 11.3 Å². The van der Waals surface area contributed by atoms with Gasteiger partial charge in [-0.05, 0) is 30.5 Å². The molecule has 1 aliphatic rings. The second-order valence-corrected chi connectivity index (χ2v) is 9.22. The van der Waals surface area contributed by atoms with Gasteiger partial charge in [-0.2, -0.15) is 0 Å². The molecule has 3 rings (SSSR count). The fourth-order valence-electron chi connectivity index (χ4n) is 2.88. The number of fused-ring (bicyclic) bond motifs is 1. The molecule has 2 heterocycles. The minimum Gasteiger partial charge on any atom is -0.348 e. The number of carbonyl (C=O) groups is 1. The van der Waals surface area contributed by atoms with Crippen LogP contribution in [0.5, 0.6) is 0 Å².